The van der Waals surface area contributed by atoms with Gasteiger partial charge in [-0.05, 0) is 69.0 Å². The summed E-state index contributed by atoms with van der Waals surface area (Å²) in [5.41, 5.74) is 2.87. The number of methoxy groups -OCH3 is 2. The highest BCUT2D eigenvalue weighted by atomic mass is 79.9. The van der Waals surface area contributed by atoms with Crippen LogP contribution in [-0.2, 0) is 45.6 Å². The predicted octanol–water partition coefficient (Wildman–Crippen LogP) is 8.62. The number of nitrogens with zero attached hydrogens (tertiary/aromatic N) is 3. The van der Waals surface area contributed by atoms with Crippen molar-refractivity contribution in [1.29, 1.82) is 0 Å². The van der Waals surface area contributed by atoms with E-state index >= 15 is 0 Å². The molecule has 1 aromatic heterocycles. The maximum Gasteiger partial charge on any atom is 0.409 e. The molecule has 3 aliphatic rings. The summed E-state index contributed by atoms with van der Waals surface area (Å²) in [6.45, 7) is 5.53. The van der Waals surface area contributed by atoms with Crippen LogP contribution in [0.4, 0.5) is 10.5 Å². The molecule has 2 amide bonds. The highest BCUT2D eigenvalue weighted by Crippen LogP contribution is 2.49. The molecule has 0 spiro atoms. The van der Waals surface area contributed by atoms with E-state index in [-0.39, 0.29) is 36.0 Å². The zero-order chi connectivity index (χ0) is 45.6. The second kappa shape index (κ2) is 20.9. The molecule has 2 aromatic carbocycles. The van der Waals surface area contributed by atoms with Crippen LogP contribution in [0.2, 0.25) is 5.02 Å². The number of benzene rings is 2. The summed E-state index contributed by atoms with van der Waals surface area (Å²) in [6.07, 6.45) is 4.28. The number of ketones is 1. The smallest absolute Gasteiger partial charge is 0.409 e. The number of carbonyl (C=O) groups excluding carboxylic acids is 4. The monoisotopic (exact) mass is 1020 g/mol. The molecule has 4 heterocycles. The summed E-state index contributed by atoms with van der Waals surface area (Å²) in [5, 5.41) is 15.7. The fourth-order valence-electron chi connectivity index (χ4n) is 8.39. The van der Waals surface area contributed by atoms with E-state index in [0.29, 0.717) is 65.3 Å². The Morgan fingerprint density at radius 3 is 2.41 bits per heavy atom. The molecule has 7 atom stereocenters. The largest absolute Gasteiger partial charge is 0.495 e. The van der Waals surface area contributed by atoms with Crippen molar-refractivity contribution in [3.63, 3.8) is 0 Å². The highest BCUT2D eigenvalue weighted by molar-refractivity contribution is 9.09. The third-order valence-electron chi connectivity index (χ3n) is 12.2. The number of alkyl carbamates (subject to hydrolysis) is 1. The molecular formula is C46H55Br2ClN4O10. The van der Waals surface area contributed by atoms with Gasteiger partial charge in [0.05, 0.1) is 47.7 Å². The number of ether oxygens (including phenoxy) is 5. The van der Waals surface area contributed by atoms with Gasteiger partial charge in [-0.1, -0.05) is 87.0 Å². The lowest BCUT2D eigenvalue weighted by atomic mass is 9.83. The van der Waals surface area contributed by atoms with Gasteiger partial charge < -0.3 is 33.7 Å². The molecular weight excluding hydrogens is 964 g/mol. The molecule has 17 heteroatoms. The standard InChI is InChI=1S/C46H55Br2ClN4O10/c1-26-12-11-14-38(60-6)46(58)23-37(61-44(57)52-46)27(2)43-45(3,63-43)39(22-40(55)53(4)34-19-28(18-26)20-36(59-5)42(34)49)62-41(56)15-10-8-7-9-13-35(54)29-16-17-30-31(21-29)51-33(25-48)32(24-47)50-30/h11-12,14,16-17,19-21,27,37-39,43,58H,7-10,13,15,18,22-25H2,1-6H3,(H,52,57)/b14-11+,26-12+/t27-,37+,38-,39+,43+,45+,46+/m1/s1. The van der Waals surface area contributed by atoms with Crippen molar-refractivity contribution in [2.75, 3.05) is 26.2 Å². The van der Waals surface area contributed by atoms with Crippen molar-refractivity contribution >= 4 is 83.9 Å². The summed E-state index contributed by atoms with van der Waals surface area (Å²) in [7, 11) is 4.55. The first-order chi connectivity index (χ1) is 30.0. The lowest BCUT2D eigenvalue weighted by Crippen LogP contribution is -2.63. The molecule has 0 aliphatic carbocycles. The van der Waals surface area contributed by atoms with E-state index in [9.17, 15) is 24.3 Å². The van der Waals surface area contributed by atoms with Crippen molar-refractivity contribution in [1.82, 2.24) is 15.3 Å². The van der Waals surface area contributed by atoms with Crippen LogP contribution in [0.1, 0.15) is 99.4 Å². The van der Waals surface area contributed by atoms with Gasteiger partial charge in [0.1, 0.15) is 34.7 Å². The maximum absolute atomic E-state index is 14.2. The Balaban J connectivity index is 1.15. The van der Waals surface area contributed by atoms with Crippen LogP contribution in [0.25, 0.3) is 11.0 Å². The zero-order valence-corrected chi connectivity index (χ0v) is 40.3. The van der Waals surface area contributed by atoms with Gasteiger partial charge >= 0.3 is 12.1 Å². The van der Waals surface area contributed by atoms with E-state index in [2.05, 4.69) is 47.1 Å². The Hall–Kier alpha value is -3.93. The van der Waals surface area contributed by atoms with E-state index in [1.807, 2.05) is 32.1 Å². The van der Waals surface area contributed by atoms with Crippen molar-refractivity contribution in [3.05, 3.63) is 81.7 Å². The molecule has 14 nitrogen and oxygen atoms in total. The molecule has 0 saturated carbocycles. The number of aliphatic hydroxyl groups is 1. The Morgan fingerprint density at radius 2 is 1.73 bits per heavy atom. The second-order valence-corrected chi connectivity index (χ2v) is 18.2. The van der Waals surface area contributed by atoms with Gasteiger partial charge in [-0.2, -0.15) is 0 Å². The van der Waals surface area contributed by atoms with Gasteiger partial charge in [-0.15, -0.1) is 0 Å². The lowest BCUT2D eigenvalue weighted by molar-refractivity contribution is -0.154. The molecule has 340 valence electrons. The highest BCUT2D eigenvalue weighted by Gasteiger charge is 2.64. The summed E-state index contributed by atoms with van der Waals surface area (Å²) in [6, 6.07) is 9.02. The third kappa shape index (κ3) is 11.3. The first-order valence-corrected chi connectivity index (χ1v) is 23.7. The molecule has 3 aromatic rings. The molecule has 2 saturated heterocycles. The minimum atomic E-state index is -1.81. The Bertz CT molecular complexity index is 2280. The van der Waals surface area contributed by atoms with Gasteiger partial charge in [-0.3, -0.25) is 19.7 Å². The van der Waals surface area contributed by atoms with Crippen LogP contribution >= 0.6 is 43.5 Å². The lowest BCUT2D eigenvalue weighted by Gasteiger charge is -2.42. The molecule has 4 bridgehead atoms. The minimum Gasteiger partial charge on any atom is -0.495 e. The number of unbranched alkanes of at least 4 members (excludes halogenated alkanes) is 3. The number of hydrogen-bond donors (Lipinski definition) is 2. The maximum atomic E-state index is 14.2. The molecule has 2 N–H and O–H groups in total. The number of nitrogens with one attached hydrogen (secondary N) is 1. The molecule has 63 heavy (non-hydrogen) atoms. The Labute approximate surface area is 389 Å². The van der Waals surface area contributed by atoms with Crippen LogP contribution in [0, 0.1) is 5.92 Å². The van der Waals surface area contributed by atoms with E-state index in [4.69, 9.17) is 35.3 Å². The fourth-order valence-corrected chi connectivity index (χ4v) is 9.60. The number of allylic oxidation sites excluding steroid dienone is 3. The summed E-state index contributed by atoms with van der Waals surface area (Å²) < 4.78 is 29.4. The normalized spacial score (nSPS) is 27.7. The number of aromatic nitrogens is 2. The summed E-state index contributed by atoms with van der Waals surface area (Å²) >= 11 is 13.7. The fraction of sp³-hybridized carbons (Fsp3) is 0.522. The Kier molecular flexibility index (Phi) is 16.1. The number of hydrogen-bond acceptors (Lipinski definition) is 12. The number of rotatable bonds is 13. The average Bonchev–Trinajstić information content (AvgIpc) is 3.96. The van der Waals surface area contributed by atoms with Gasteiger partial charge in [-0.25, -0.2) is 14.8 Å². The van der Waals surface area contributed by atoms with Crippen molar-refractivity contribution in [2.24, 2.45) is 5.92 Å². The van der Waals surface area contributed by atoms with Crippen LogP contribution < -0.4 is 15.0 Å². The SMILES string of the molecule is COc1cc2cc(c1Cl)N(C)C(=O)C[C@H](OC(=O)CCCCCCC(=O)c1ccc3nc(CBr)c(CBr)nc3c1)[C@]1(C)O[C@H]1[C@H](C)[C@@H]1C[C@@](O)(NC(=O)O1)[C@H](OC)/C=C/C=C(\C)C2. The van der Waals surface area contributed by atoms with Crippen molar-refractivity contribution in [3.8, 4) is 5.75 Å². The van der Waals surface area contributed by atoms with Crippen molar-refractivity contribution in [2.45, 2.75) is 125 Å². The Morgan fingerprint density at radius 1 is 1.03 bits per heavy atom. The minimum absolute atomic E-state index is 0.0124. The number of esters is 1. The quantitative estimate of drug-likeness (QED) is 0.0549. The molecule has 0 radical (unpaired) electrons. The number of fused-ring (bicyclic) bond motifs is 6. The predicted molar refractivity (Wildman–Crippen MR) is 246 cm³/mol. The number of alkyl halides is 2. The topological polar surface area (TPSA) is 179 Å². The van der Waals surface area contributed by atoms with Crippen LogP contribution in [0.5, 0.6) is 5.75 Å². The summed E-state index contributed by atoms with van der Waals surface area (Å²) in [4.78, 5) is 64.5. The number of epoxide rings is 1. The summed E-state index contributed by atoms with van der Waals surface area (Å²) in [5.74, 6) is -0.980. The van der Waals surface area contributed by atoms with Gasteiger partial charge in [0.2, 0.25) is 5.91 Å². The first kappa shape index (κ1) is 48.5. The van der Waals surface area contributed by atoms with Gasteiger partial charge in [0.15, 0.2) is 11.5 Å². The van der Waals surface area contributed by atoms with Crippen molar-refractivity contribution < 1.29 is 48.0 Å². The zero-order valence-electron chi connectivity index (χ0n) is 36.4. The van der Waals surface area contributed by atoms with Crippen LogP contribution in [-0.4, -0.2) is 95.8 Å². The molecule has 6 rings (SSSR count). The number of amides is 2. The second-order valence-electron chi connectivity index (χ2n) is 16.7. The molecule has 2 fully saturated rings. The van der Waals surface area contributed by atoms with E-state index in [1.54, 1.807) is 44.3 Å². The van der Waals surface area contributed by atoms with Crippen LogP contribution in [0.3, 0.4) is 0 Å². The number of anilines is 1. The van der Waals surface area contributed by atoms with Crippen LogP contribution in [0.15, 0.2) is 54.1 Å². The van der Waals surface area contributed by atoms with Gasteiger partial charge in [0, 0.05) is 55.6 Å². The molecule has 0 unspecified atom stereocenters. The van der Waals surface area contributed by atoms with E-state index in [0.717, 1.165) is 34.5 Å². The average molecular weight is 1020 g/mol. The molecule has 3 aliphatic heterocycles. The van der Waals surface area contributed by atoms with Gasteiger partial charge in [0.25, 0.3) is 0 Å². The number of halogens is 3. The number of carbonyl (C=O) groups is 4. The van der Waals surface area contributed by atoms with E-state index < -0.39 is 53.7 Å². The van der Waals surface area contributed by atoms with E-state index in [1.165, 1.54) is 19.1 Å². The first-order valence-electron chi connectivity index (χ1n) is 21.1. The number of Topliss-reactive ketones (excluding diaryl/α,β-unsaturated/α-hetero) is 1. The third-order valence-corrected chi connectivity index (χ3v) is 13.6.